The van der Waals surface area contributed by atoms with Crippen molar-refractivity contribution in [1.29, 1.82) is 0 Å². The van der Waals surface area contributed by atoms with Gasteiger partial charge in [-0.2, -0.15) is 0 Å². The molecule has 3 heterocycles. The van der Waals surface area contributed by atoms with E-state index >= 15 is 0 Å². The van der Waals surface area contributed by atoms with Crippen molar-refractivity contribution in [2.75, 3.05) is 13.6 Å². The Bertz CT molecular complexity index is 1790. The van der Waals surface area contributed by atoms with Crippen LogP contribution in [0.3, 0.4) is 0 Å². The fourth-order valence-electron chi connectivity index (χ4n) is 5.44. The first-order valence-electron chi connectivity index (χ1n) is 16.5. The number of amides is 2. The molecule has 0 spiro atoms. The van der Waals surface area contributed by atoms with Gasteiger partial charge in [0.05, 0.1) is 24.0 Å². The highest BCUT2D eigenvalue weighted by atomic mass is 16.6. The van der Waals surface area contributed by atoms with Crippen LogP contribution in [-0.4, -0.2) is 72.9 Å². The van der Waals surface area contributed by atoms with Crippen molar-refractivity contribution < 1.29 is 19.1 Å². The Labute approximate surface area is 288 Å². The molecule has 0 bridgehead atoms. The monoisotopic (exact) mass is 663 g/mol. The highest BCUT2D eigenvalue weighted by molar-refractivity contribution is 5.91. The van der Waals surface area contributed by atoms with Gasteiger partial charge in [-0.1, -0.05) is 54.6 Å². The smallest absolute Gasteiger partial charge is 0.410 e. The molecule has 0 radical (unpaired) electrons. The molecule has 2 atom stereocenters. The summed E-state index contributed by atoms with van der Waals surface area (Å²) in [6.07, 6.45) is 8.21. The van der Waals surface area contributed by atoms with Crippen LogP contribution in [0.15, 0.2) is 84.4 Å². The largest absolute Gasteiger partial charge is 0.445 e. The number of nitrogens with one attached hydrogen (secondary N) is 1. The molecule has 256 valence electrons. The SMILES string of the molecule is CC(=N/C=C(\C)c1cnc(-c2ccc(-c3cnc([C@H](C)N(C)C(=O)OCc4ccccc4)[nH]3)cc2)nc1)[C@@H]1CCCN1C(=O)OC(C)(C)C. The summed E-state index contributed by atoms with van der Waals surface area (Å²) in [4.78, 5) is 50.4. The third-order valence-corrected chi connectivity index (χ3v) is 8.45. The number of aliphatic imine (C=N–C) groups is 1. The van der Waals surface area contributed by atoms with Crippen LogP contribution in [0.2, 0.25) is 0 Å². The average molecular weight is 664 g/mol. The zero-order valence-electron chi connectivity index (χ0n) is 29.3. The maximum atomic E-state index is 12.7. The van der Waals surface area contributed by atoms with Gasteiger partial charge >= 0.3 is 12.2 Å². The van der Waals surface area contributed by atoms with E-state index in [1.165, 1.54) is 4.90 Å². The summed E-state index contributed by atoms with van der Waals surface area (Å²) < 4.78 is 11.1. The first-order chi connectivity index (χ1) is 23.4. The van der Waals surface area contributed by atoms with Crippen LogP contribution < -0.4 is 0 Å². The van der Waals surface area contributed by atoms with E-state index in [0.717, 1.165) is 52.1 Å². The van der Waals surface area contributed by atoms with Gasteiger partial charge in [0.1, 0.15) is 18.0 Å². The number of likely N-dealkylation sites (tertiary alicyclic amines) is 1. The molecule has 49 heavy (non-hydrogen) atoms. The third kappa shape index (κ3) is 8.98. The standard InChI is InChI=1S/C38H45N7O4/c1-25(20-39-26(2)33-14-11-19-45(33)37(47)49-38(4,5)6)31-21-40-35(41-22-31)30-17-15-29(16-18-30)32-23-42-34(43-32)27(3)44(7)36(46)48-24-28-12-9-8-10-13-28/h8-10,12-13,15-18,20-23,27,33H,11,14,19,24H2,1-7H3,(H,42,43)/b25-20+,39-26?/t27-,33-/m0/s1. The molecule has 1 aliphatic heterocycles. The fraction of sp³-hybridized carbons (Fsp3) is 0.368. The zero-order chi connectivity index (χ0) is 35.1. The van der Waals surface area contributed by atoms with Crippen molar-refractivity contribution >= 4 is 23.5 Å². The lowest BCUT2D eigenvalue weighted by atomic mass is 10.1. The molecule has 11 nitrogen and oxygen atoms in total. The van der Waals surface area contributed by atoms with E-state index in [9.17, 15) is 9.59 Å². The van der Waals surface area contributed by atoms with Crippen LogP contribution >= 0.6 is 0 Å². The van der Waals surface area contributed by atoms with E-state index in [1.54, 1.807) is 36.7 Å². The normalized spacial score (nSPS) is 16.0. The summed E-state index contributed by atoms with van der Waals surface area (Å²) in [6, 6.07) is 17.1. The van der Waals surface area contributed by atoms with Gasteiger partial charge in [0.15, 0.2) is 5.82 Å². The molecule has 11 heteroatoms. The summed E-state index contributed by atoms with van der Waals surface area (Å²) in [7, 11) is 1.70. The number of carbonyl (C=O) groups is 2. The van der Waals surface area contributed by atoms with Crippen LogP contribution in [0.25, 0.3) is 28.2 Å². The Morgan fingerprint density at radius 3 is 2.37 bits per heavy atom. The van der Waals surface area contributed by atoms with Crippen LogP contribution in [-0.2, 0) is 16.1 Å². The highest BCUT2D eigenvalue weighted by Crippen LogP contribution is 2.26. The van der Waals surface area contributed by atoms with Crippen molar-refractivity contribution in [1.82, 2.24) is 29.7 Å². The van der Waals surface area contributed by atoms with Gasteiger partial charge in [0, 0.05) is 49.0 Å². The van der Waals surface area contributed by atoms with E-state index in [0.29, 0.717) is 18.2 Å². The lowest BCUT2D eigenvalue weighted by Crippen LogP contribution is -2.42. The van der Waals surface area contributed by atoms with Crippen LogP contribution in [0.1, 0.15) is 77.4 Å². The molecule has 1 N–H and O–H groups in total. The van der Waals surface area contributed by atoms with Gasteiger partial charge in [-0.25, -0.2) is 24.5 Å². The first-order valence-corrected chi connectivity index (χ1v) is 16.5. The fourth-order valence-corrected chi connectivity index (χ4v) is 5.44. The Morgan fingerprint density at radius 1 is 1.02 bits per heavy atom. The van der Waals surface area contributed by atoms with Crippen LogP contribution in [0.4, 0.5) is 9.59 Å². The zero-order valence-corrected chi connectivity index (χ0v) is 29.3. The number of nitrogens with zero attached hydrogens (tertiary/aromatic N) is 6. The molecule has 0 unspecified atom stereocenters. The minimum Gasteiger partial charge on any atom is -0.445 e. The summed E-state index contributed by atoms with van der Waals surface area (Å²) in [6.45, 7) is 12.3. The number of aromatic nitrogens is 4. The molecule has 0 saturated carbocycles. The second-order valence-electron chi connectivity index (χ2n) is 13.3. The molecule has 2 amide bonds. The number of carbonyl (C=O) groups excluding carboxylic acids is 2. The van der Waals surface area contributed by atoms with Gasteiger partial charge in [-0.3, -0.25) is 9.89 Å². The number of H-pyrrole nitrogens is 1. The average Bonchev–Trinajstić information content (AvgIpc) is 3.80. The van der Waals surface area contributed by atoms with Gasteiger partial charge in [0.25, 0.3) is 0 Å². The molecule has 1 aliphatic rings. The number of benzene rings is 2. The summed E-state index contributed by atoms with van der Waals surface area (Å²) >= 11 is 0. The Hall–Kier alpha value is -5.32. The van der Waals surface area contributed by atoms with E-state index in [1.807, 2.05) is 96.1 Å². The van der Waals surface area contributed by atoms with E-state index in [4.69, 9.17) is 14.5 Å². The molecule has 1 fully saturated rings. The number of hydrogen-bond donors (Lipinski definition) is 1. The van der Waals surface area contributed by atoms with Crippen molar-refractivity contribution in [3.63, 3.8) is 0 Å². The summed E-state index contributed by atoms with van der Waals surface area (Å²) in [5, 5.41) is 0. The van der Waals surface area contributed by atoms with E-state index < -0.39 is 11.7 Å². The number of aromatic amines is 1. The highest BCUT2D eigenvalue weighted by Gasteiger charge is 2.33. The van der Waals surface area contributed by atoms with E-state index in [-0.39, 0.29) is 24.8 Å². The number of hydrogen-bond acceptors (Lipinski definition) is 8. The second kappa shape index (κ2) is 15.3. The predicted octanol–water partition coefficient (Wildman–Crippen LogP) is 8.08. The van der Waals surface area contributed by atoms with Gasteiger partial charge in [0.2, 0.25) is 0 Å². The van der Waals surface area contributed by atoms with Gasteiger partial charge in [-0.15, -0.1) is 0 Å². The number of rotatable bonds is 9. The lowest BCUT2D eigenvalue weighted by Gasteiger charge is -2.28. The molecular formula is C38H45N7O4. The number of imidazole rings is 1. The van der Waals surface area contributed by atoms with Gasteiger partial charge in [-0.05, 0) is 71.1 Å². The summed E-state index contributed by atoms with van der Waals surface area (Å²) in [5.41, 5.74) is 5.69. The molecule has 0 aliphatic carbocycles. The van der Waals surface area contributed by atoms with Gasteiger partial charge < -0.3 is 19.4 Å². The first kappa shape index (κ1) is 35.0. The number of ether oxygens (including phenoxy) is 2. The minimum atomic E-state index is -0.539. The third-order valence-electron chi connectivity index (χ3n) is 8.45. The molecular weight excluding hydrogens is 618 g/mol. The summed E-state index contributed by atoms with van der Waals surface area (Å²) in [5.74, 6) is 1.26. The maximum Gasteiger partial charge on any atom is 0.410 e. The van der Waals surface area contributed by atoms with Crippen molar-refractivity contribution in [3.8, 4) is 22.6 Å². The topological polar surface area (TPSA) is 126 Å². The van der Waals surface area contributed by atoms with Crippen molar-refractivity contribution in [2.24, 2.45) is 4.99 Å². The molecule has 4 aromatic rings. The maximum absolute atomic E-state index is 12.7. The van der Waals surface area contributed by atoms with Crippen molar-refractivity contribution in [2.45, 2.75) is 78.7 Å². The second-order valence-corrected chi connectivity index (χ2v) is 13.3. The van der Waals surface area contributed by atoms with E-state index in [2.05, 4.69) is 19.9 Å². The quantitative estimate of drug-likeness (QED) is 0.179. The lowest BCUT2D eigenvalue weighted by molar-refractivity contribution is 0.0265. The predicted molar refractivity (Wildman–Crippen MR) is 191 cm³/mol. The van der Waals surface area contributed by atoms with Crippen LogP contribution in [0.5, 0.6) is 0 Å². The number of allylic oxidation sites excluding steroid dienone is 1. The molecule has 2 aromatic heterocycles. The molecule has 1 saturated heterocycles. The molecule has 2 aromatic carbocycles. The Morgan fingerprint density at radius 2 is 1.69 bits per heavy atom. The molecule has 5 rings (SSSR count). The Kier molecular flexibility index (Phi) is 10.9. The minimum absolute atomic E-state index is 0.0763. The Balaban J connectivity index is 1.18. The van der Waals surface area contributed by atoms with Crippen LogP contribution in [0, 0.1) is 0 Å². The van der Waals surface area contributed by atoms with Crippen molar-refractivity contribution in [3.05, 3.63) is 96.3 Å².